The quantitative estimate of drug-likeness (QED) is 0.514. The van der Waals surface area contributed by atoms with E-state index < -0.39 is 11.6 Å². The number of Topliss-reactive ketones (excluding diaryl/α,β-unsaturated/α-hetero) is 1. The molecule has 5 nitrogen and oxygen atoms in total. The predicted molar refractivity (Wildman–Crippen MR) is 69.5 cm³/mol. The Balaban J connectivity index is 2.76. The van der Waals surface area contributed by atoms with E-state index in [9.17, 15) is 14.7 Å². The van der Waals surface area contributed by atoms with Crippen molar-refractivity contribution in [2.45, 2.75) is 32.8 Å². The van der Waals surface area contributed by atoms with Crippen LogP contribution in [0, 0.1) is 0 Å². The summed E-state index contributed by atoms with van der Waals surface area (Å²) in [4.78, 5) is 23.4. The maximum Gasteiger partial charge on any atom is 0.314 e. The third-order valence-electron chi connectivity index (χ3n) is 2.23. The third kappa shape index (κ3) is 4.62. The van der Waals surface area contributed by atoms with Gasteiger partial charge in [-0.05, 0) is 39.0 Å². The molecule has 0 atom stereocenters. The topological polar surface area (TPSA) is 72.8 Å². The molecule has 0 radical (unpaired) electrons. The van der Waals surface area contributed by atoms with Crippen LogP contribution in [-0.2, 0) is 9.53 Å². The monoisotopic (exact) mass is 266 g/mol. The zero-order valence-corrected chi connectivity index (χ0v) is 11.5. The SMILES string of the molecule is COc1cc(C(=O)CC(=O)OC(C)(C)C)ccc1O. The van der Waals surface area contributed by atoms with Crippen LogP contribution in [0.4, 0.5) is 0 Å². The summed E-state index contributed by atoms with van der Waals surface area (Å²) in [7, 11) is 1.39. The summed E-state index contributed by atoms with van der Waals surface area (Å²) in [5.74, 6) is -0.830. The molecule has 0 fully saturated rings. The van der Waals surface area contributed by atoms with E-state index in [2.05, 4.69) is 0 Å². The average Bonchev–Trinajstić information content (AvgIpc) is 2.26. The first kappa shape index (κ1) is 15.0. The lowest BCUT2D eigenvalue weighted by molar-refractivity contribution is -0.153. The van der Waals surface area contributed by atoms with Crippen molar-refractivity contribution in [3.05, 3.63) is 23.8 Å². The summed E-state index contributed by atoms with van der Waals surface area (Å²) in [6, 6.07) is 4.17. The van der Waals surface area contributed by atoms with Gasteiger partial charge >= 0.3 is 5.97 Å². The van der Waals surface area contributed by atoms with Crippen molar-refractivity contribution in [1.82, 2.24) is 0 Å². The number of esters is 1. The Kier molecular flexibility index (Phi) is 4.53. The normalized spacial score (nSPS) is 10.9. The molecule has 1 rings (SSSR count). The van der Waals surface area contributed by atoms with E-state index in [1.807, 2.05) is 0 Å². The highest BCUT2D eigenvalue weighted by molar-refractivity contribution is 6.06. The number of carbonyl (C=O) groups excluding carboxylic acids is 2. The molecule has 0 aliphatic carbocycles. The Labute approximate surface area is 112 Å². The number of phenolic OH excluding ortho intramolecular Hbond substituents is 1. The fourth-order valence-electron chi connectivity index (χ4n) is 1.46. The van der Waals surface area contributed by atoms with Crippen molar-refractivity contribution < 1.29 is 24.2 Å². The number of benzene rings is 1. The van der Waals surface area contributed by atoms with Gasteiger partial charge in [-0.2, -0.15) is 0 Å². The first-order valence-electron chi connectivity index (χ1n) is 5.85. The molecular formula is C14H18O5. The zero-order valence-electron chi connectivity index (χ0n) is 11.5. The van der Waals surface area contributed by atoms with E-state index in [0.29, 0.717) is 5.56 Å². The van der Waals surface area contributed by atoms with Gasteiger partial charge in [0.2, 0.25) is 0 Å². The highest BCUT2D eigenvalue weighted by Crippen LogP contribution is 2.26. The van der Waals surface area contributed by atoms with Crippen molar-refractivity contribution in [3.63, 3.8) is 0 Å². The molecule has 0 saturated carbocycles. The van der Waals surface area contributed by atoms with Crippen molar-refractivity contribution in [2.75, 3.05) is 7.11 Å². The van der Waals surface area contributed by atoms with E-state index >= 15 is 0 Å². The molecule has 0 aromatic heterocycles. The molecule has 0 saturated heterocycles. The van der Waals surface area contributed by atoms with E-state index in [0.717, 1.165) is 0 Å². The van der Waals surface area contributed by atoms with Crippen LogP contribution in [0.2, 0.25) is 0 Å². The number of phenols is 1. The summed E-state index contributed by atoms with van der Waals surface area (Å²) in [6.07, 6.45) is -0.342. The Morgan fingerprint density at radius 3 is 2.42 bits per heavy atom. The van der Waals surface area contributed by atoms with Crippen LogP contribution in [0.25, 0.3) is 0 Å². The van der Waals surface area contributed by atoms with Gasteiger partial charge in [0.25, 0.3) is 0 Å². The van der Waals surface area contributed by atoms with Crippen LogP contribution in [0.5, 0.6) is 11.5 Å². The second-order valence-electron chi connectivity index (χ2n) is 5.07. The molecule has 0 bridgehead atoms. The molecule has 1 N–H and O–H groups in total. The Bertz CT molecular complexity index is 485. The van der Waals surface area contributed by atoms with Crippen LogP contribution in [-0.4, -0.2) is 29.6 Å². The van der Waals surface area contributed by atoms with Gasteiger partial charge in [0.05, 0.1) is 7.11 Å². The van der Waals surface area contributed by atoms with Gasteiger partial charge in [-0.25, -0.2) is 0 Å². The maximum atomic E-state index is 11.9. The van der Waals surface area contributed by atoms with Crippen LogP contribution in [0.1, 0.15) is 37.6 Å². The predicted octanol–water partition coefficient (Wildman–Crippen LogP) is 2.32. The summed E-state index contributed by atoms with van der Waals surface area (Å²) < 4.78 is 9.97. The number of aromatic hydroxyl groups is 1. The second kappa shape index (κ2) is 5.73. The second-order valence-corrected chi connectivity index (χ2v) is 5.07. The average molecular weight is 266 g/mol. The van der Waals surface area contributed by atoms with Crippen molar-refractivity contribution >= 4 is 11.8 Å². The molecular weight excluding hydrogens is 248 g/mol. The fraction of sp³-hybridized carbons (Fsp3) is 0.429. The minimum Gasteiger partial charge on any atom is -0.504 e. The Morgan fingerprint density at radius 2 is 1.89 bits per heavy atom. The third-order valence-corrected chi connectivity index (χ3v) is 2.23. The number of carbonyl (C=O) groups is 2. The standard InChI is InChI=1S/C14H18O5/c1-14(2,3)19-13(17)8-11(16)9-5-6-10(15)12(7-9)18-4/h5-7,15H,8H2,1-4H3. The minimum atomic E-state index is -0.621. The lowest BCUT2D eigenvalue weighted by Gasteiger charge is -2.19. The van der Waals surface area contributed by atoms with Gasteiger partial charge in [-0.3, -0.25) is 9.59 Å². The highest BCUT2D eigenvalue weighted by atomic mass is 16.6. The number of ether oxygens (including phenoxy) is 2. The van der Waals surface area contributed by atoms with Crippen LogP contribution >= 0.6 is 0 Å². The smallest absolute Gasteiger partial charge is 0.314 e. The molecule has 5 heteroatoms. The van der Waals surface area contributed by atoms with Crippen molar-refractivity contribution in [1.29, 1.82) is 0 Å². The molecule has 0 heterocycles. The largest absolute Gasteiger partial charge is 0.504 e. The van der Waals surface area contributed by atoms with Gasteiger partial charge in [-0.15, -0.1) is 0 Å². The molecule has 1 aromatic carbocycles. The van der Waals surface area contributed by atoms with Gasteiger partial charge in [0, 0.05) is 5.56 Å². The summed E-state index contributed by atoms with van der Waals surface area (Å²) in [6.45, 7) is 5.21. The number of ketones is 1. The molecule has 0 aliphatic rings. The molecule has 0 spiro atoms. The molecule has 104 valence electrons. The van der Waals surface area contributed by atoms with E-state index in [1.165, 1.54) is 25.3 Å². The molecule has 19 heavy (non-hydrogen) atoms. The van der Waals surface area contributed by atoms with E-state index in [4.69, 9.17) is 9.47 Å². The zero-order chi connectivity index (χ0) is 14.6. The number of hydrogen-bond donors (Lipinski definition) is 1. The summed E-state index contributed by atoms with van der Waals surface area (Å²) >= 11 is 0. The first-order chi connectivity index (χ1) is 8.73. The maximum absolute atomic E-state index is 11.9. The van der Waals surface area contributed by atoms with Crippen LogP contribution in [0.15, 0.2) is 18.2 Å². The van der Waals surface area contributed by atoms with Gasteiger partial charge < -0.3 is 14.6 Å². The number of rotatable bonds is 4. The van der Waals surface area contributed by atoms with Crippen LogP contribution in [0.3, 0.4) is 0 Å². The summed E-state index contributed by atoms with van der Waals surface area (Å²) in [5.41, 5.74) is -0.329. The van der Waals surface area contributed by atoms with E-state index in [1.54, 1.807) is 20.8 Å². The van der Waals surface area contributed by atoms with Gasteiger partial charge in [-0.1, -0.05) is 0 Å². The summed E-state index contributed by atoms with van der Waals surface area (Å²) in [5, 5.41) is 9.42. The Morgan fingerprint density at radius 1 is 1.26 bits per heavy atom. The van der Waals surface area contributed by atoms with Crippen molar-refractivity contribution in [2.24, 2.45) is 0 Å². The molecule has 0 unspecified atom stereocenters. The Hall–Kier alpha value is -2.04. The minimum absolute atomic E-state index is 0.0590. The lowest BCUT2D eigenvalue weighted by Crippen LogP contribution is -2.25. The molecule has 0 aliphatic heterocycles. The number of hydrogen-bond acceptors (Lipinski definition) is 5. The van der Waals surface area contributed by atoms with Gasteiger partial charge in [0.1, 0.15) is 12.0 Å². The highest BCUT2D eigenvalue weighted by Gasteiger charge is 2.20. The fourth-order valence-corrected chi connectivity index (χ4v) is 1.46. The first-order valence-corrected chi connectivity index (χ1v) is 5.85. The van der Waals surface area contributed by atoms with E-state index in [-0.39, 0.29) is 23.7 Å². The number of methoxy groups -OCH3 is 1. The van der Waals surface area contributed by atoms with Crippen LogP contribution < -0.4 is 4.74 Å². The lowest BCUT2D eigenvalue weighted by atomic mass is 10.1. The van der Waals surface area contributed by atoms with Gasteiger partial charge in [0.15, 0.2) is 17.3 Å². The van der Waals surface area contributed by atoms with Crippen molar-refractivity contribution in [3.8, 4) is 11.5 Å². The molecule has 1 aromatic rings. The molecule has 0 amide bonds.